The molecule has 1 amide bonds. The molecule has 0 spiro atoms. The van der Waals surface area contributed by atoms with Crippen molar-refractivity contribution in [1.82, 2.24) is 14.9 Å². The Morgan fingerprint density at radius 1 is 1.52 bits per heavy atom. The average molecular weight is 301 g/mol. The van der Waals surface area contributed by atoms with Gasteiger partial charge in [-0.25, -0.2) is 0 Å². The third-order valence-corrected chi connectivity index (χ3v) is 4.77. The smallest absolute Gasteiger partial charge is 0.265 e. The van der Waals surface area contributed by atoms with Gasteiger partial charge in [0.2, 0.25) is 0 Å². The molecule has 0 unspecified atom stereocenters. The maximum atomic E-state index is 12.5. The van der Waals surface area contributed by atoms with Crippen LogP contribution < -0.4 is 0 Å². The van der Waals surface area contributed by atoms with Crippen LogP contribution >= 0.6 is 11.3 Å². The Bertz CT molecular complexity index is 612. The van der Waals surface area contributed by atoms with Crippen LogP contribution in [0.15, 0.2) is 30.0 Å². The van der Waals surface area contributed by atoms with Crippen molar-refractivity contribution in [3.8, 4) is 0 Å². The fourth-order valence-electron chi connectivity index (χ4n) is 2.96. The van der Waals surface area contributed by atoms with Gasteiger partial charge in [-0.2, -0.15) is 0 Å². The molecule has 0 saturated carbocycles. The first-order chi connectivity index (χ1) is 10.2. The Labute approximate surface area is 128 Å². The van der Waals surface area contributed by atoms with E-state index in [9.17, 15) is 4.79 Å². The van der Waals surface area contributed by atoms with Crippen molar-refractivity contribution in [2.24, 2.45) is 0 Å². The second-order valence-corrected chi connectivity index (χ2v) is 6.39. The third kappa shape index (κ3) is 3.29. The van der Waals surface area contributed by atoms with Gasteiger partial charge in [0.05, 0.1) is 11.7 Å². The number of pyridine rings is 1. The number of hydrogen-bond acceptors (Lipinski definition) is 4. The zero-order chi connectivity index (χ0) is 14.7. The van der Waals surface area contributed by atoms with Crippen molar-refractivity contribution < 1.29 is 4.79 Å². The van der Waals surface area contributed by atoms with Crippen LogP contribution in [0, 0.1) is 6.92 Å². The molecule has 1 aliphatic heterocycles. The number of nitrogens with zero attached hydrogens (tertiary/aromatic N) is 3. The van der Waals surface area contributed by atoms with E-state index in [0.717, 1.165) is 42.8 Å². The minimum atomic E-state index is 0.144. The van der Waals surface area contributed by atoms with Crippen LogP contribution in [-0.4, -0.2) is 33.4 Å². The lowest BCUT2D eigenvalue weighted by atomic mass is 10.0. The van der Waals surface area contributed by atoms with Crippen molar-refractivity contribution in [2.45, 2.75) is 38.6 Å². The summed E-state index contributed by atoms with van der Waals surface area (Å²) in [5.74, 6) is 0.144. The highest BCUT2D eigenvalue weighted by atomic mass is 32.1. The zero-order valence-corrected chi connectivity index (χ0v) is 13.0. The Hall–Kier alpha value is -1.75. The van der Waals surface area contributed by atoms with Gasteiger partial charge in [-0.3, -0.25) is 14.8 Å². The number of carbonyl (C=O) groups is 1. The summed E-state index contributed by atoms with van der Waals surface area (Å²) in [7, 11) is 0. The monoisotopic (exact) mass is 301 g/mol. The number of hydrogen-bond donors (Lipinski definition) is 0. The van der Waals surface area contributed by atoms with E-state index in [4.69, 9.17) is 0 Å². The summed E-state index contributed by atoms with van der Waals surface area (Å²) in [6.07, 6.45) is 7.77. The number of thiazole rings is 1. The molecule has 1 aliphatic rings. The zero-order valence-electron chi connectivity index (χ0n) is 12.2. The fraction of sp³-hybridized carbons (Fsp3) is 0.438. The summed E-state index contributed by atoms with van der Waals surface area (Å²) < 4.78 is 0. The molecular weight excluding hydrogens is 282 g/mol. The highest BCUT2D eigenvalue weighted by Crippen LogP contribution is 2.25. The molecular formula is C16H19N3OS. The molecule has 0 bridgehead atoms. The lowest BCUT2D eigenvalue weighted by molar-refractivity contribution is 0.0735. The van der Waals surface area contributed by atoms with E-state index in [1.807, 2.05) is 18.0 Å². The lowest BCUT2D eigenvalue weighted by Crippen LogP contribution is -2.35. The summed E-state index contributed by atoms with van der Waals surface area (Å²) >= 11 is 1.43. The molecule has 1 saturated heterocycles. The SMILES string of the molecule is Cc1cc(CC[C@H]2CCCN2C(=O)c2cncs2)ccn1. The number of rotatable bonds is 4. The molecule has 21 heavy (non-hydrogen) atoms. The van der Waals surface area contributed by atoms with Gasteiger partial charge in [-0.05, 0) is 50.3 Å². The molecule has 0 N–H and O–H groups in total. The first kappa shape index (κ1) is 14.2. The Balaban J connectivity index is 1.63. The maximum Gasteiger partial charge on any atom is 0.265 e. The quantitative estimate of drug-likeness (QED) is 0.872. The highest BCUT2D eigenvalue weighted by molar-refractivity contribution is 7.11. The van der Waals surface area contributed by atoms with Crippen molar-refractivity contribution in [3.63, 3.8) is 0 Å². The predicted octanol–water partition coefficient (Wildman–Crippen LogP) is 3.08. The Kier molecular flexibility index (Phi) is 4.29. The molecule has 0 radical (unpaired) electrons. The van der Waals surface area contributed by atoms with Crippen molar-refractivity contribution in [3.05, 3.63) is 46.2 Å². The van der Waals surface area contributed by atoms with E-state index in [2.05, 4.69) is 22.1 Å². The van der Waals surface area contributed by atoms with Crippen molar-refractivity contribution in [2.75, 3.05) is 6.54 Å². The van der Waals surface area contributed by atoms with E-state index in [0.29, 0.717) is 6.04 Å². The van der Waals surface area contributed by atoms with Gasteiger partial charge in [-0.1, -0.05) is 0 Å². The molecule has 1 atom stereocenters. The predicted molar refractivity (Wildman–Crippen MR) is 83.5 cm³/mol. The first-order valence-electron chi connectivity index (χ1n) is 7.35. The molecule has 2 aromatic heterocycles. The summed E-state index contributed by atoms with van der Waals surface area (Å²) in [5, 5.41) is 0. The van der Waals surface area contributed by atoms with E-state index >= 15 is 0 Å². The number of aromatic nitrogens is 2. The normalized spacial score (nSPS) is 18.1. The average Bonchev–Trinajstić information content (AvgIpc) is 3.16. The number of carbonyl (C=O) groups excluding carboxylic acids is 1. The van der Waals surface area contributed by atoms with Crippen LogP contribution in [0.4, 0.5) is 0 Å². The number of likely N-dealkylation sites (tertiary alicyclic amines) is 1. The van der Waals surface area contributed by atoms with Crippen LogP contribution in [0.2, 0.25) is 0 Å². The molecule has 2 aromatic rings. The van der Waals surface area contributed by atoms with Crippen molar-refractivity contribution in [1.29, 1.82) is 0 Å². The molecule has 3 heterocycles. The first-order valence-corrected chi connectivity index (χ1v) is 8.23. The van der Waals surface area contributed by atoms with Gasteiger partial charge < -0.3 is 4.90 Å². The summed E-state index contributed by atoms with van der Waals surface area (Å²) in [5.41, 5.74) is 4.08. The minimum Gasteiger partial charge on any atom is -0.335 e. The molecule has 110 valence electrons. The van der Waals surface area contributed by atoms with Gasteiger partial charge in [0, 0.05) is 24.5 Å². The Morgan fingerprint density at radius 2 is 2.43 bits per heavy atom. The highest BCUT2D eigenvalue weighted by Gasteiger charge is 2.29. The minimum absolute atomic E-state index is 0.144. The standard InChI is InChI=1S/C16H19N3OS/c1-12-9-13(6-7-18-12)4-5-14-3-2-8-19(14)16(20)15-10-17-11-21-15/h6-7,9-11,14H,2-5,8H2,1H3/t14-/m1/s1. The topological polar surface area (TPSA) is 46.1 Å². The van der Waals surface area contributed by atoms with Crippen LogP contribution in [0.5, 0.6) is 0 Å². The summed E-state index contributed by atoms with van der Waals surface area (Å²) in [4.78, 5) is 23.5. The van der Waals surface area contributed by atoms with Gasteiger partial charge in [0.15, 0.2) is 0 Å². The molecule has 0 aromatic carbocycles. The second kappa shape index (κ2) is 6.35. The molecule has 3 rings (SSSR count). The lowest BCUT2D eigenvalue weighted by Gasteiger charge is -2.24. The van der Waals surface area contributed by atoms with Crippen LogP contribution in [0.25, 0.3) is 0 Å². The van der Waals surface area contributed by atoms with Crippen LogP contribution in [-0.2, 0) is 6.42 Å². The summed E-state index contributed by atoms with van der Waals surface area (Å²) in [6, 6.07) is 4.55. The van der Waals surface area contributed by atoms with Gasteiger partial charge in [-0.15, -0.1) is 11.3 Å². The second-order valence-electron chi connectivity index (χ2n) is 5.50. The molecule has 1 fully saturated rings. The fourth-order valence-corrected chi connectivity index (χ4v) is 3.53. The van der Waals surface area contributed by atoms with Crippen molar-refractivity contribution >= 4 is 17.2 Å². The van der Waals surface area contributed by atoms with Gasteiger partial charge in [0.25, 0.3) is 5.91 Å². The van der Waals surface area contributed by atoms with Crippen LogP contribution in [0.3, 0.4) is 0 Å². The van der Waals surface area contributed by atoms with E-state index in [1.54, 1.807) is 11.7 Å². The molecule has 4 nitrogen and oxygen atoms in total. The van der Waals surface area contributed by atoms with Gasteiger partial charge >= 0.3 is 0 Å². The molecule has 0 aliphatic carbocycles. The van der Waals surface area contributed by atoms with Crippen LogP contribution in [0.1, 0.15) is 40.2 Å². The number of amides is 1. The number of aryl methyl sites for hydroxylation is 2. The third-order valence-electron chi connectivity index (χ3n) is 4.01. The maximum absolute atomic E-state index is 12.5. The molecule has 5 heteroatoms. The summed E-state index contributed by atoms with van der Waals surface area (Å²) in [6.45, 7) is 2.88. The Morgan fingerprint density at radius 3 is 3.19 bits per heavy atom. The van der Waals surface area contributed by atoms with E-state index < -0.39 is 0 Å². The van der Waals surface area contributed by atoms with E-state index in [1.165, 1.54) is 16.9 Å². The largest absolute Gasteiger partial charge is 0.335 e. The van der Waals surface area contributed by atoms with E-state index in [-0.39, 0.29) is 5.91 Å². The van der Waals surface area contributed by atoms with Gasteiger partial charge in [0.1, 0.15) is 4.88 Å².